The van der Waals surface area contributed by atoms with E-state index in [4.69, 9.17) is 0 Å². The van der Waals surface area contributed by atoms with Crippen LogP contribution < -0.4 is 5.32 Å². The van der Waals surface area contributed by atoms with E-state index < -0.39 is 46.6 Å². The topological polar surface area (TPSA) is 29.1 Å². The lowest BCUT2D eigenvalue weighted by molar-refractivity contribution is -0.143. The fraction of sp³-hybridized carbons (Fsp3) is 0.250. The predicted octanol–water partition coefficient (Wildman–Crippen LogP) is 4.17. The van der Waals surface area contributed by atoms with Crippen LogP contribution in [0.5, 0.6) is 0 Å². The second-order valence-electron chi connectivity index (χ2n) is 3.93. The van der Waals surface area contributed by atoms with Crippen LogP contribution in [0, 0.1) is 23.3 Å². The van der Waals surface area contributed by atoms with E-state index in [2.05, 4.69) is 0 Å². The van der Waals surface area contributed by atoms with Gasteiger partial charge in [0, 0.05) is 5.57 Å². The molecule has 0 spiro atoms. The van der Waals surface area contributed by atoms with E-state index in [9.17, 15) is 35.5 Å². The molecule has 1 amide bonds. The van der Waals surface area contributed by atoms with Gasteiger partial charge in [0.15, 0.2) is 23.3 Å². The number of halogens is 7. The van der Waals surface area contributed by atoms with Crippen molar-refractivity contribution >= 4 is 11.6 Å². The summed E-state index contributed by atoms with van der Waals surface area (Å²) in [6, 6.07) is 0. The highest BCUT2D eigenvalue weighted by atomic mass is 19.4. The minimum atomic E-state index is -5.63. The normalized spacial score (nSPS) is 12.5. The fourth-order valence-electron chi connectivity index (χ4n) is 1.33. The average Bonchev–Trinajstić information content (AvgIpc) is 2.38. The molecule has 0 bridgehead atoms. The highest BCUT2D eigenvalue weighted by molar-refractivity contribution is 6.03. The zero-order valence-electron chi connectivity index (χ0n) is 10.6. The zero-order chi connectivity index (χ0) is 16.5. The number of carbonyl (C=O) groups excluding carboxylic acids is 1. The number of hydrogen-bond acceptors (Lipinski definition) is 1. The maximum absolute atomic E-state index is 13.4. The average molecular weight is 315 g/mol. The van der Waals surface area contributed by atoms with Gasteiger partial charge in [-0.1, -0.05) is 6.08 Å². The van der Waals surface area contributed by atoms with Gasteiger partial charge >= 0.3 is 6.18 Å². The zero-order valence-corrected chi connectivity index (χ0v) is 10.6. The molecule has 1 rings (SSSR count). The van der Waals surface area contributed by atoms with Gasteiger partial charge in [-0.25, -0.2) is 17.6 Å². The monoisotopic (exact) mass is 315 g/mol. The molecule has 0 saturated carbocycles. The summed E-state index contributed by atoms with van der Waals surface area (Å²) in [7, 11) is 0. The molecule has 1 N–H and O–H groups in total. The van der Waals surface area contributed by atoms with Crippen LogP contribution in [0.25, 0.3) is 0 Å². The van der Waals surface area contributed by atoms with Crippen LogP contribution in [0.1, 0.15) is 19.4 Å². The van der Waals surface area contributed by atoms with Crippen molar-refractivity contribution in [1.29, 1.82) is 0 Å². The summed E-state index contributed by atoms with van der Waals surface area (Å²) in [5.41, 5.74) is -4.38. The minimum absolute atomic E-state index is 0.0606. The SMILES string of the molecule is C/C=C(\C)C(=O)Nc1c(F)c(F)c(C(F)(F)F)c(F)c1F. The van der Waals surface area contributed by atoms with E-state index in [-0.39, 0.29) is 5.57 Å². The molecule has 116 valence electrons. The quantitative estimate of drug-likeness (QED) is 0.495. The molecule has 0 atom stereocenters. The standard InChI is InChI=1S/C12H8F7NO/c1-3-4(2)11(21)20-10-8(15)6(13)5(12(17,18)19)7(14)9(10)16/h3H,1-2H3,(H,20,21)/b4-3+. The number of benzene rings is 1. The lowest BCUT2D eigenvalue weighted by Gasteiger charge is -2.14. The van der Waals surface area contributed by atoms with Crippen molar-refractivity contribution in [2.45, 2.75) is 20.0 Å². The Bertz CT molecular complexity index is 590. The number of alkyl halides is 3. The van der Waals surface area contributed by atoms with Gasteiger partial charge in [0.25, 0.3) is 5.91 Å². The molecular weight excluding hydrogens is 307 g/mol. The van der Waals surface area contributed by atoms with Gasteiger partial charge in [0.2, 0.25) is 0 Å². The second kappa shape index (κ2) is 5.74. The van der Waals surface area contributed by atoms with Gasteiger partial charge in [-0.15, -0.1) is 0 Å². The van der Waals surface area contributed by atoms with Gasteiger partial charge in [0.1, 0.15) is 11.3 Å². The summed E-state index contributed by atoms with van der Waals surface area (Å²) in [6.07, 6.45) is -4.40. The van der Waals surface area contributed by atoms with E-state index in [1.54, 1.807) is 0 Å². The summed E-state index contributed by atoms with van der Waals surface area (Å²) in [4.78, 5) is 11.4. The van der Waals surface area contributed by atoms with E-state index in [0.29, 0.717) is 0 Å². The first-order valence-corrected chi connectivity index (χ1v) is 5.39. The third-order valence-electron chi connectivity index (χ3n) is 2.58. The molecule has 0 saturated heterocycles. The highest BCUT2D eigenvalue weighted by Crippen LogP contribution is 2.38. The lowest BCUT2D eigenvalue weighted by atomic mass is 10.1. The van der Waals surface area contributed by atoms with Crippen molar-refractivity contribution in [1.82, 2.24) is 0 Å². The summed E-state index contributed by atoms with van der Waals surface area (Å²) >= 11 is 0. The Labute approximate surface area is 114 Å². The molecule has 21 heavy (non-hydrogen) atoms. The number of nitrogens with one attached hydrogen (secondary N) is 1. The maximum Gasteiger partial charge on any atom is 0.422 e. The molecule has 0 aromatic heterocycles. The first-order chi connectivity index (χ1) is 9.52. The second-order valence-corrected chi connectivity index (χ2v) is 3.93. The minimum Gasteiger partial charge on any atom is -0.317 e. The van der Waals surface area contributed by atoms with Crippen molar-refractivity contribution in [2.24, 2.45) is 0 Å². The molecule has 0 heterocycles. The summed E-state index contributed by atoms with van der Waals surface area (Å²) in [5, 5.41) is 1.48. The number of amides is 1. The molecular formula is C12H8F7NO. The van der Waals surface area contributed by atoms with Gasteiger partial charge < -0.3 is 5.32 Å². The number of hydrogen-bond donors (Lipinski definition) is 1. The lowest BCUT2D eigenvalue weighted by Crippen LogP contribution is -2.20. The Morgan fingerprint density at radius 3 is 1.76 bits per heavy atom. The van der Waals surface area contributed by atoms with Crippen molar-refractivity contribution < 1.29 is 35.5 Å². The summed E-state index contributed by atoms with van der Waals surface area (Å²) < 4.78 is 90.4. The number of allylic oxidation sites excluding steroid dienone is 1. The first-order valence-electron chi connectivity index (χ1n) is 5.39. The smallest absolute Gasteiger partial charge is 0.317 e. The van der Waals surface area contributed by atoms with E-state index >= 15 is 0 Å². The largest absolute Gasteiger partial charge is 0.422 e. The van der Waals surface area contributed by atoms with E-state index in [0.717, 1.165) is 0 Å². The van der Waals surface area contributed by atoms with Crippen molar-refractivity contribution in [2.75, 3.05) is 5.32 Å². The maximum atomic E-state index is 13.4. The third kappa shape index (κ3) is 3.17. The Kier molecular flexibility index (Phi) is 4.65. The van der Waals surface area contributed by atoms with Gasteiger partial charge in [-0.2, -0.15) is 13.2 Å². The Hall–Kier alpha value is -2.06. The van der Waals surface area contributed by atoms with Gasteiger partial charge in [-0.05, 0) is 13.8 Å². The number of rotatable bonds is 2. The van der Waals surface area contributed by atoms with E-state index in [1.165, 1.54) is 25.2 Å². The number of carbonyl (C=O) groups is 1. The van der Waals surface area contributed by atoms with Crippen LogP contribution in [-0.4, -0.2) is 5.91 Å². The van der Waals surface area contributed by atoms with Crippen molar-refractivity contribution in [3.63, 3.8) is 0 Å². The third-order valence-corrected chi connectivity index (χ3v) is 2.58. The molecule has 0 fully saturated rings. The predicted molar refractivity (Wildman–Crippen MR) is 59.3 cm³/mol. The van der Waals surface area contributed by atoms with Gasteiger partial charge in [-0.3, -0.25) is 4.79 Å². The molecule has 1 aromatic carbocycles. The van der Waals surface area contributed by atoms with Crippen LogP contribution in [0.15, 0.2) is 11.6 Å². The molecule has 0 aliphatic heterocycles. The molecule has 0 aliphatic rings. The first kappa shape index (κ1) is 17.0. The molecule has 0 unspecified atom stereocenters. The van der Waals surface area contributed by atoms with Gasteiger partial charge in [0.05, 0.1) is 0 Å². The van der Waals surface area contributed by atoms with Crippen LogP contribution in [-0.2, 0) is 11.0 Å². The van der Waals surface area contributed by atoms with E-state index in [1.807, 2.05) is 0 Å². The Balaban J connectivity index is 3.49. The summed E-state index contributed by atoms with van der Waals surface area (Å²) in [6.45, 7) is 2.62. The van der Waals surface area contributed by atoms with Crippen LogP contribution >= 0.6 is 0 Å². The van der Waals surface area contributed by atoms with Crippen LogP contribution in [0.4, 0.5) is 36.4 Å². The van der Waals surface area contributed by atoms with Crippen molar-refractivity contribution in [3.8, 4) is 0 Å². The molecule has 1 aromatic rings. The highest BCUT2D eigenvalue weighted by Gasteiger charge is 2.42. The fourth-order valence-corrected chi connectivity index (χ4v) is 1.33. The molecule has 9 heteroatoms. The van der Waals surface area contributed by atoms with Crippen molar-refractivity contribution in [3.05, 3.63) is 40.5 Å². The Morgan fingerprint density at radius 2 is 1.43 bits per heavy atom. The molecule has 0 aliphatic carbocycles. The van der Waals surface area contributed by atoms with Crippen LogP contribution in [0.2, 0.25) is 0 Å². The number of anilines is 1. The molecule has 2 nitrogen and oxygen atoms in total. The Morgan fingerprint density at radius 1 is 1.00 bits per heavy atom. The summed E-state index contributed by atoms with van der Waals surface area (Å²) in [5.74, 6) is -11.0. The van der Waals surface area contributed by atoms with Crippen LogP contribution in [0.3, 0.4) is 0 Å². The molecule has 0 radical (unpaired) electrons.